The van der Waals surface area contributed by atoms with Gasteiger partial charge in [0.2, 0.25) is 0 Å². The first kappa shape index (κ1) is 16.2. The van der Waals surface area contributed by atoms with Gasteiger partial charge in [-0.15, -0.1) is 0 Å². The van der Waals surface area contributed by atoms with Crippen LogP contribution < -0.4 is 0 Å². The molecule has 1 aromatic carbocycles. The van der Waals surface area contributed by atoms with Crippen molar-refractivity contribution in [2.45, 2.75) is 13.8 Å². The molecule has 114 valence electrons. The van der Waals surface area contributed by atoms with Crippen LogP contribution in [0.1, 0.15) is 49.4 Å². The molecule has 1 heterocycles. The smallest absolute Gasteiger partial charge is 0.355 e. The minimum atomic E-state index is -0.587. The molecule has 2 aromatic rings. The maximum absolute atomic E-state index is 12.6. The number of esters is 1. The summed E-state index contributed by atoms with van der Waals surface area (Å²) in [6.45, 7) is 3.51. The van der Waals surface area contributed by atoms with E-state index in [0.717, 1.165) is 4.47 Å². The molecule has 0 aliphatic rings. The molecular weight excluding hydrogens is 350 g/mol. The number of ketones is 1. The number of aromatic amines is 1. The van der Waals surface area contributed by atoms with Gasteiger partial charge in [0, 0.05) is 10.0 Å². The van der Waals surface area contributed by atoms with Crippen molar-refractivity contribution in [3.63, 3.8) is 0 Å². The van der Waals surface area contributed by atoms with Crippen LogP contribution in [0.4, 0.5) is 0 Å². The van der Waals surface area contributed by atoms with Crippen LogP contribution in [-0.4, -0.2) is 29.6 Å². The molecule has 0 radical (unpaired) electrons. The zero-order valence-electron chi connectivity index (χ0n) is 12.1. The van der Waals surface area contributed by atoms with E-state index in [9.17, 15) is 14.4 Å². The van der Waals surface area contributed by atoms with Crippen LogP contribution in [0.25, 0.3) is 0 Å². The topological polar surface area (TPSA) is 76.2 Å². The normalized spacial score (nSPS) is 10.3. The SMILES string of the molecule is CCOC(=O)c1[nH]c(C=O)c(C(=O)c2cccc(Br)c2)c1C. The molecule has 0 bridgehead atoms. The Bertz CT molecular complexity index is 749. The van der Waals surface area contributed by atoms with Gasteiger partial charge in [-0.05, 0) is 31.5 Å². The van der Waals surface area contributed by atoms with E-state index in [-0.39, 0.29) is 29.3 Å². The largest absolute Gasteiger partial charge is 0.461 e. The first-order chi connectivity index (χ1) is 10.5. The van der Waals surface area contributed by atoms with E-state index < -0.39 is 5.97 Å². The van der Waals surface area contributed by atoms with E-state index in [0.29, 0.717) is 17.4 Å². The molecule has 0 spiro atoms. The van der Waals surface area contributed by atoms with E-state index in [2.05, 4.69) is 20.9 Å². The minimum absolute atomic E-state index is 0.0746. The first-order valence-corrected chi connectivity index (χ1v) is 7.44. The quantitative estimate of drug-likeness (QED) is 0.502. The van der Waals surface area contributed by atoms with Gasteiger partial charge in [0.15, 0.2) is 12.1 Å². The highest BCUT2D eigenvalue weighted by Crippen LogP contribution is 2.23. The van der Waals surface area contributed by atoms with Crippen molar-refractivity contribution in [1.82, 2.24) is 4.98 Å². The molecular formula is C16H14BrNO4. The van der Waals surface area contributed by atoms with Crippen LogP contribution in [0.3, 0.4) is 0 Å². The van der Waals surface area contributed by atoms with Gasteiger partial charge in [0.25, 0.3) is 0 Å². The van der Waals surface area contributed by atoms with Gasteiger partial charge in [-0.2, -0.15) is 0 Å². The van der Waals surface area contributed by atoms with Crippen molar-refractivity contribution in [3.8, 4) is 0 Å². The Hall–Kier alpha value is -2.21. The Kier molecular flexibility index (Phi) is 4.92. The lowest BCUT2D eigenvalue weighted by atomic mass is 9.99. The fourth-order valence-corrected chi connectivity index (χ4v) is 2.58. The van der Waals surface area contributed by atoms with E-state index >= 15 is 0 Å². The highest BCUT2D eigenvalue weighted by atomic mass is 79.9. The molecule has 0 unspecified atom stereocenters. The second kappa shape index (κ2) is 6.70. The Morgan fingerprint density at radius 1 is 1.36 bits per heavy atom. The predicted molar refractivity (Wildman–Crippen MR) is 84.4 cm³/mol. The average molecular weight is 364 g/mol. The van der Waals surface area contributed by atoms with Crippen LogP contribution in [0.5, 0.6) is 0 Å². The molecule has 0 aliphatic heterocycles. The van der Waals surface area contributed by atoms with E-state index in [1.165, 1.54) is 0 Å². The highest BCUT2D eigenvalue weighted by Gasteiger charge is 2.25. The number of benzene rings is 1. The van der Waals surface area contributed by atoms with E-state index in [4.69, 9.17) is 4.74 Å². The zero-order valence-corrected chi connectivity index (χ0v) is 13.7. The van der Waals surface area contributed by atoms with E-state index in [1.54, 1.807) is 38.1 Å². The molecule has 0 saturated carbocycles. The number of aromatic nitrogens is 1. The Morgan fingerprint density at radius 2 is 2.09 bits per heavy atom. The monoisotopic (exact) mass is 363 g/mol. The summed E-state index contributed by atoms with van der Waals surface area (Å²) in [6.07, 6.45) is 0.529. The van der Waals surface area contributed by atoms with Crippen molar-refractivity contribution in [2.75, 3.05) is 6.61 Å². The number of hydrogen-bond donors (Lipinski definition) is 1. The van der Waals surface area contributed by atoms with Crippen LogP contribution >= 0.6 is 15.9 Å². The fourth-order valence-electron chi connectivity index (χ4n) is 2.18. The summed E-state index contributed by atoms with van der Waals surface area (Å²) in [6, 6.07) is 6.84. The number of carbonyl (C=O) groups excluding carboxylic acids is 3. The van der Waals surface area contributed by atoms with Crippen molar-refractivity contribution in [1.29, 1.82) is 0 Å². The summed E-state index contributed by atoms with van der Waals surface area (Å²) in [5.41, 5.74) is 1.23. The number of carbonyl (C=O) groups is 3. The number of halogens is 1. The summed E-state index contributed by atoms with van der Waals surface area (Å²) < 4.78 is 5.68. The van der Waals surface area contributed by atoms with Gasteiger partial charge < -0.3 is 9.72 Å². The zero-order chi connectivity index (χ0) is 16.3. The van der Waals surface area contributed by atoms with Gasteiger partial charge >= 0.3 is 5.97 Å². The standard InChI is InChI=1S/C16H14BrNO4/c1-3-22-16(21)14-9(2)13(12(8-19)18-14)15(20)10-5-4-6-11(17)7-10/h4-8,18H,3H2,1-2H3. The molecule has 2 rings (SSSR count). The molecule has 0 atom stereocenters. The maximum Gasteiger partial charge on any atom is 0.355 e. The maximum atomic E-state index is 12.6. The second-order valence-corrected chi connectivity index (χ2v) is 5.51. The number of H-pyrrole nitrogens is 1. The lowest BCUT2D eigenvalue weighted by Crippen LogP contribution is -2.08. The molecule has 1 aromatic heterocycles. The summed E-state index contributed by atoms with van der Waals surface area (Å²) in [5.74, 6) is -0.913. The van der Waals surface area contributed by atoms with Crippen molar-refractivity contribution in [2.24, 2.45) is 0 Å². The molecule has 5 nitrogen and oxygen atoms in total. The van der Waals surface area contributed by atoms with Gasteiger partial charge in [-0.3, -0.25) is 9.59 Å². The van der Waals surface area contributed by atoms with Gasteiger partial charge in [-0.1, -0.05) is 28.1 Å². The summed E-state index contributed by atoms with van der Waals surface area (Å²) in [4.78, 5) is 38.4. The third-order valence-electron chi connectivity index (χ3n) is 3.19. The van der Waals surface area contributed by atoms with Crippen LogP contribution in [0.2, 0.25) is 0 Å². The van der Waals surface area contributed by atoms with E-state index in [1.807, 2.05) is 0 Å². The fraction of sp³-hybridized carbons (Fsp3) is 0.188. The lowest BCUT2D eigenvalue weighted by Gasteiger charge is -2.03. The molecule has 6 heteroatoms. The number of nitrogens with one attached hydrogen (secondary N) is 1. The molecule has 0 amide bonds. The van der Waals surface area contributed by atoms with Crippen molar-refractivity contribution in [3.05, 3.63) is 56.8 Å². The lowest BCUT2D eigenvalue weighted by molar-refractivity contribution is 0.0519. The third kappa shape index (κ3) is 3.01. The molecule has 1 N–H and O–H groups in total. The summed E-state index contributed by atoms with van der Waals surface area (Å²) in [7, 11) is 0. The molecule has 0 saturated heterocycles. The van der Waals surface area contributed by atoms with Crippen molar-refractivity contribution < 1.29 is 19.1 Å². The summed E-state index contributed by atoms with van der Waals surface area (Å²) in [5, 5.41) is 0. The number of hydrogen-bond acceptors (Lipinski definition) is 4. The summed E-state index contributed by atoms with van der Waals surface area (Å²) >= 11 is 3.30. The number of aldehydes is 1. The molecule has 0 fully saturated rings. The van der Waals surface area contributed by atoms with Crippen LogP contribution in [0, 0.1) is 6.92 Å². The Balaban J connectivity index is 2.52. The predicted octanol–water partition coefficient (Wildman–Crippen LogP) is 3.31. The first-order valence-electron chi connectivity index (χ1n) is 6.64. The number of rotatable bonds is 5. The van der Waals surface area contributed by atoms with Gasteiger partial charge in [0.1, 0.15) is 5.69 Å². The van der Waals surface area contributed by atoms with Crippen LogP contribution in [-0.2, 0) is 4.74 Å². The average Bonchev–Trinajstić information content (AvgIpc) is 2.83. The number of ether oxygens (including phenoxy) is 1. The van der Waals surface area contributed by atoms with Crippen molar-refractivity contribution >= 4 is 34.0 Å². The third-order valence-corrected chi connectivity index (χ3v) is 3.68. The van der Waals surface area contributed by atoms with Gasteiger partial charge in [-0.25, -0.2) is 4.79 Å². The Labute approximate surface area is 135 Å². The second-order valence-electron chi connectivity index (χ2n) is 4.59. The molecule has 0 aliphatic carbocycles. The van der Waals surface area contributed by atoms with Gasteiger partial charge in [0.05, 0.1) is 17.9 Å². The minimum Gasteiger partial charge on any atom is -0.461 e. The highest BCUT2D eigenvalue weighted by molar-refractivity contribution is 9.10. The molecule has 22 heavy (non-hydrogen) atoms. The van der Waals surface area contributed by atoms with Crippen LogP contribution in [0.15, 0.2) is 28.7 Å². The Morgan fingerprint density at radius 3 is 2.68 bits per heavy atom.